The van der Waals surface area contributed by atoms with Crippen LogP contribution in [0.5, 0.6) is 23.0 Å². The summed E-state index contributed by atoms with van der Waals surface area (Å²) in [5, 5.41) is 0. The lowest BCUT2D eigenvalue weighted by Gasteiger charge is -2.08. The summed E-state index contributed by atoms with van der Waals surface area (Å²) in [5.41, 5.74) is 1.18. The summed E-state index contributed by atoms with van der Waals surface area (Å²) in [7, 11) is 0. The summed E-state index contributed by atoms with van der Waals surface area (Å²) >= 11 is 0. The van der Waals surface area contributed by atoms with Gasteiger partial charge in [0.2, 0.25) is 0 Å². The Hall–Kier alpha value is -5.18. The van der Waals surface area contributed by atoms with Crippen LogP contribution in [-0.4, -0.2) is 37.1 Å². The molecule has 0 spiro atoms. The SMILES string of the molecule is C=CC(=O)OCCOc1ccc(C(=O)Oc2ccc(OC(=O)CCc3ccc(OC(=O)C=C)cc3)cc2)cc1. The summed E-state index contributed by atoms with van der Waals surface area (Å²) in [6, 6.07) is 19.2. The molecule has 9 heteroatoms. The normalized spacial score (nSPS) is 10.1. The third-order valence-corrected chi connectivity index (χ3v) is 5.05. The molecule has 0 fully saturated rings. The molecule has 0 saturated carbocycles. The number of rotatable bonds is 13. The van der Waals surface area contributed by atoms with Crippen LogP contribution in [0.1, 0.15) is 22.3 Å². The first-order valence-electron chi connectivity index (χ1n) is 11.8. The van der Waals surface area contributed by atoms with E-state index < -0.39 is 23.9 Å². The molecule has 0 aliphatic heterocycles. The van der Waals surface area contributed by atoms with Gasteiger partial charge in [0.05, 0.1) is 5.56 Å². The molecular formula is C30H26O9. The quantitative estimate of drug-likeness (QED) is 0.135. The standard InChI is InChI=1S/C30H26O9/c1-3-27(31)36-20-19-35-23-12-8-22(9-13-23)30(34)39-26-16-14-25(15-17-26)38-29(33)18-7-21-5-10-24(11-6-21)37-28(32)4-2/h3-6,8-17H,1-2,7,18-20H2. The van der Waals surface area contributed by atoms with Crippen LogP contribution in [0.15, 0.2) is 98.1 Å². The summed E-state index contributed by atoms with van der Waals surface area (Å²) in [6.45, 7) is 6.87. The zero-order chi connectivity index (χ0) is 28.0. The second kappa shape index (κ2) is 14.5. The lowest BCUT2D eigenvalue weighted by Crippen LogP contribution is -2.11. The Morgan fingerprint density at radius 3 is 1.77 bits per heavy atom. The van der Waals surface area contributed by atoms with Crippen LogP contribution in [0.25, 0.3) is 0 Å². The highest BCUT2D eigenvalue weighted by atomic mass is 16.6. The van der Waals surface area contributed by atoms with Crippen molar-refractivity contribution in [2.24, 2.45) is 0 Å². The van der Waals surface area contributed by atoms with Gasteiger partial charge in [-0.15, -0.1) is 0 Å². The highest BCUT2D eigenvalue weighted by Gasteiger charge is 2.11. The predicted octanol–water partition coefficient (Wildman–Crippen LogP) is 4.64. The van der Waals surface area contributed by atoms with Crippen molar-refractivity contribution in [3.05, 3.63) is 109 Å². The van der Waals surface area contributed by atoms with Gasteiger partial charge in [-0.3, -0.25) is 4.79 Å². The summed E-state index contributed by atoms with van der Waals surface area (Å²) in [5.74, 6) is -0.600. The number of aryl methyl sites for hydroxylation is 1. The summed E-state index contributed by atoms with van der Waals surface area (Å²) in [6.07, 6.45) is 2.73. The molecule has 0 heterocycles. The second-order valence-corrected chi connectivity index (χ2v) is 7.85. The molecule has 9 nitrogen and oxygen atoms in total. The molecule has 0 bridgehead atoms. The van der Waals surface area contributed by atoms with E-state index in [1.807, 2.05) is 0 Å². The van der Waals surface area contributed by atoms with E-state index in [4.69, 9.17) is 23.7 Å². The zero-order valence-corrected chi connectivity index (χ0v) is 21.0. The molecule has 0 aromatic heterocycles. The maximum atomic E-state index is 12.4. The maximum absolute atomic E-state index is 12.4. The van der Waals surface area contributed by atoms with Gasteiger partial charge in [-0.25, -0.2) is 14.4 Å². The molecule has 0 saturated heterocycles. The van der Waals surface area contributed by atoms with Gasteiger partial charge in [0.25, 0.3) is 0 Å². The van der Waals surface area contributed by atoms with Crippen molar-refractivity contribution in [2.75, 3.05) is 13.2 Å². The highest BCUT2D eigenvalue weighted by Crippen LogP contribution is 2.21. The minimum Gasteiger partial charge on any atom is -0.490 e. The highest BCUT2D eigenvalue weighted by molar-refractivity contribution is 5.91. The number of ether oxygens (including phenoxy) is 5. The van der Waals surface area contributed by atoms with E-state index in [0.717, 1.165) is 17.7 Å². The average molecular weight is 531 g/mol. The number of esters is 4. The minimum atomic E-state index is -0.573. The van der Waals surface area contributed by atoms with Crippen molar-refractivity contribution in [1.29, 1.82) is 0 Å². The van der Waals surface area contributed by atoms with Gasteiger partial charge in [-0.2, -0.15) is 0 Å². The van der Waals surface area contributed by atoms with E-state index in [1.165, 1.54) is 24.3 Å². The van der Waals surface area contributed by atoms with Gasteiger partial charge in [0.15, 0.2) is 0 Å². The Bertz CT molecular complexity index is 1310. The first-order valence-corrected chi connectivity index (χ1v) is 11.8. The summed E-state index contributed by atoms with van der Waals surface area (Å²) < 4.78 is 26.0. The fourth-order valence-electron chi connectivity index (χ4n) is 3.10. The van der Waals surface area contributed by atoms with E-state index in [9.17, 15) is 19.2 Å². The lowest BCUT2D eigenvalue weighted by molar-refractivity contribution is -0.138. The van der Waals surface area contributed by atoms with Crippen molar-refractivity contribution >= 4 is 23.9 Å². The van der Waals surface area contributed by atoms with Gasteiger partial charge in [0, 0.05) is 18.6 Å². The molecule has 200 valence electrons. The van der Waals surface area contributed by atoms with Crippen LogP contribution in [-0.2, 0) is 25.5 Å². The predicted molar refractivity (Wildman–Crippen MR) is 141 cm³/mol. The van der Waals surface area contributed by atoms with Crippen LogP contribution >= 0.6 is 0 Å². The van der Waals surface area contributed by atoms with Crippen molar-refractivity contribution in [3.63, 3.8) is 0 Å². The molecule has 39 heavy (non-hydrogen) atoms. The third kappa shape index (κ3) is 9.66. The van der Waals surface area contributed by atoms with Crippen LogP contribution in [0.2, 0.25) is 0 Å². The van der Waals surface area contributed by atoms with E-state index in [1.54, 1.807) is 48.5 Å². The molecule has 0 aliphatic carbocycles. The van der Waals surface area contributed by atoms with E-state index in [0.29, 0.717) is 29.2 Å². The van der Waals surface area contributed by atoms with Crippen LogP contribution in [0, 0.1) is 0 Å². The largest absolute Gasteiger partial charge is 0.490 e. The third-order valence-electron chi connectivity index (χ3n) is 5.05. The molecule has 0 N–H and O–H groups in total. The van der Waals surface area contributed by atoms with Crippen LogP contribution in [0.3, 0.4) is 0 Å². The Kier molecular flexibility index (Phi) is 10.6. The molecule has 0 aliphatic rings. The number of carbonyl (C=O) groups is 4. The Morgan fingerprint density at radius 1 is 0.615 bits per heavy atom. The monoisotopic (exact) mass is 530 g/mol. The van der Waals surface area contributed by atoms with Crippen molar-refractivity contribution in [1.82, 2.24) is 0 Å². The van der Waals surface area contributed by atoms with Gasteiger partial charge >= 0.3 is 23.9 Å². The molecule has 0 amide bonds. The Morgan fingerprint density at radius 2 is 1.15 bits per heavy atom. The van der Waals surface area contributed by atoms with E-state index >= 15 is 0 Å². The molecule has 0 unspecified atom stereocenters. The number of hydrogen-bond acceptors (Lipinski definition) is 9. The van der Waals surface area contributed by atoms with Gasteiger partial charge in [-0.05, 0) is 72.6 Å². The van der Waals surface area contributed by atoms with Gasteiger partial charge < -0.3 is 23.7 Å². The average Bonchev–Trinajstić information content (AvgIpc) is 2.96. The van der Waals surface area contributed by atoms with Crippen LogP contribution in [0.4, 0.5) is 0 Å². The molecular weight excluding hydrogens is 504 g/mol. The zero-order valence-electron chi connectivity index (χ0n) is 21.0. The lowest BCUT2D eigenvalue weighted by atomic mass is 10.1. The smallest absolute Gasteiger partial charge is 0.343 e. The van der Waals surface area contributed by atoms with Crippen molar-refractivity contribution in [2.45, 2.75) is 12.8 Å². The molecule has 0 atom stereocenters. The van der Waals surface area contributed by atoms with Gasteiger partial charge in [0.1, 0.15) is 36.2 Å². The Labute approximate surface area is 225 Å². The van der Waals surface area contributed by atoms with E-state index in [-0.39, 0.29) is 25.4 Å². The summed E-state index contributed by atoms with van der Waals surface area (Å²) in [4.78, 5) is 46.8. The number of benzene rings is 3. The molecule has 3 aromatic rings. The molecule has 0 radical (unpaired) electrons. The van der Waals surface area contributed by atoms with Gasteiger partial charge in [-0.1, -0.05) is 25.3 Å². The Balaban J connectivity index is 1.41. The maximum Gasteiger partial charge on any atom is 0.343 e. The minimum absolute atomic E-state index is 0.0737. The van der Waals surface area contributed by atoms with Crippen molar-refractivity contribution in [3.8, 4) is 23.0 Å². The topological polar surface area (TPSA) is 114 Å². The van der Waals surface area contributed by atoms with E-state index in [2.05, 4.69) is 13.2 Å². The first-order chi connectivity index (χ1) is 18.9. The molecule has 3 aromatic carbocycles. The number of hydrogen-bond donors (Lipinski definition) is 0. The van der Waals surface area contributed by atoms with Crippen molar-refractivity contribution < 1.29 is 42.9 Å². The second-order valence-electron chi connectivity index (χ2n) is 7.85. The fourth-order valence-corrected chi connectivity index (χ4v) is 3.10. The molecule has 3 rings (SSSR count). The fraction of sp³-hybridized carbons (Fsp3) is 0.133. The van der Waals surface area contributed by atoms with Crippen LogP contribution < -0.4 is 18.9 Å². The first kappa shape index (κ1) is 28.4. The number of carbonyl (C=O) groups excluding carboxylic acids is 4.